The largest absolute Gasteiger partial charge is 0.478 e. The Bertz CT molecular complexity index is 400. The summed E-state index contributed by atoms with van der Waals surface area (Å²) in [6.45, 7) is 0. The second kappa shape index (κ2) is 7.87. The van der Waals surface area contributed by atoms with Gasteiger partial charge in [0.2, 0.25) is 0 Å². The van der Waals surface area contributed by atoms with Crippen molar-refractivity contribution in [1.29, 1.82) is 0 Å². The molecule has 1 aromatic rings. The van der Waals surface area contributed by atoms with Crippen LogP contribution in [0.1, 0.15) is 36.0 Å². The van der Waals surface area contributed by atoms with Crippen LogP contribution in [-0.4, -0.2) is 22.4 Å². The van der Waals surface area contributed by atoms with Crippen LogP contribution in [-0.2, 0) is 4.79 Å². The van der Waals surface area contributed by atoms with E-state index in [1.54, 1.807) is 0 Å². The maximum absolute atomic E-state index is 11.4. The van der Waals surface area contributed by atoms with Crippen LogP contribution >= 0.6 is 15.9 Å². The summed E-state index contributed by atoms with van der Waals surface area (Å²) in [6, 6.07) is 5.80. The Morgan fingerprint density at radius 1 is 1.11 bits per heavy atom. The molecule has 0 aromatic heterocycles. The van der Waals surface area contributed by atoms with Gasteiger partial charge in [0.25, 0.3) is 0 Å². The van der Waals surface area contributed by atoms with Crippen LogP contribution in [0, 0.1) is 0 Å². The van der Waals surface area contributed by atoms with Crippen molar-refractivity contribution in [1.82, 2.24) is 0 Å². The van der Waals surface area contributed by atoms with Gasteiger partial charge in [-0.1, -0.05) is 22.4 Å². The molecule has 1 aromatic carbocycles. The molecule has 0 spiro atoms. The molecule has 0 saturated carbocycles. The van der Waals surface area contributed by atoms with E-state index in [9.17, 15) is 9.59 Å². The third-order valence-electron chi connectivity index (χ3n) is 2.35. The Labute approximate surface area is 114 Å². The Morgan fingerprint density at radius 3 is 2.33 bits per heavy atom. The third kappa shape index (κ3) is 5.31. The molecule has 0 fully saturated rings. The number of esters is 1. The number of ether oxygens (including phenoxy) is 1. The van der Waals surface area contributed by atoms with E-state index in [1.807, 2.05) is 0 Å². The molecule has 0 heterocycles. The van der Waals surface area contributed by atoms with Gasteiger partial charge in [0, 0.05) is 11.8 Å². The van der Waals surface area contributed by atoms with E-state index in [4.69, 9.17) is 9.84 Å². The van der Waals surface area contributed by atoms with E-state index < -0.39 is 5.97 Å². The van der Waals surface area contributed by atoms with Gasteiger partial charge in [0.1, 0.15) is 5.75 Å². The number of benzene rings is 1. The average molecular weight is 315 g/mol. The van der Waals surface area contributed by atoms with Crippen molar-refractivity contribution in [2.24, 2.45) is 0 Å². The van der Waals surface area contributed by atoms with Gasteiger partial charge >= 0.3 is 11.9 Å². The lowest BCUT2D eigenvalue weighted by atomic mass is 10.2. The molecular weight excluding hydrogens is 300 g/mol. The van der Waals surface area contributed by atoms with Crippen molar-refractivity contribution in [3.63, 3.8) is 0 Å². The van der Waals surface area contributed by atoms with E-state index in [0.29, 0.717) is 12.2 Å². The van der Waals surface area contributed by atoms with E-state index in [0.717, 1.165) is 24.6 Å². The second-order valence-corrected chi connectivity index (χ2v) is 4.60. The van der Waals surface area contributed by atoms with Crippen LogP contribution in [0.2, 0.25) is 0 Å². The van der Waals surface area contributed by atoms with E-state index in [-0.39, 0.29) is 11.5 Å². The number of alkyl halides is 1. The number of hydrogen-bond acceptors (Lipinski definition) is 3. The molecule has 0 atom stereocenters. The zero-order valence-electron chi connectivity index (χ0n) is 9.89. The number of carboxylic acid groups (broad SMARTS) is 1. The summed E-state index contributed by atoms with van der Waals surface area (Å²) in [4.78, 5) is 22.1. The number of unbranched alkanes of at least 4 members (excludes halogenated alkanes) is 2. The van der Waals surface area contributed by atoms with Crippen molar-refractivity contribution in [3.8, 4) is 5.75 Å². The number of carboxylic acids is 1. The van der Waals surface area contributed by atoms with Crippen LogP contribution in [0.3, 0.4) is 0 Å². The highest BCUT2D eigenvalue weighted by atomic mass is 79.9. The van der Waals surface area contributed by atoms with Gasteiger partial charge < -0.3 is 9.84 Å². The molecule has 4 nitrogen and oxygen atoms in total. The molecule has 0 radical (unpaired) electrons. The fourth-order valence-corrected chi connectivity index (χ4v) is 1.79. The van der Waals surface area contributed by atoms with Crippen LogP contribution in [0.4, 0.5) is 0 Å². The van der Waals surface area contributed by atoms with Gasteiger partial charge in [-0.2, -0.15) is 0 Å². The predicted molar refractivity (Wildman–Crippen MR) is 71.3 cm³/mol. The lowest BCUT2D eigenvalue weighted by molar-refractivity contribution is -0.134. The number of hydrogen-bond donors (Lipinski definition) is 1. The fraction of sp³-hybridized carbons (Fsp3) is 0.385. The number of carbonyl (C=O) groups excluding carboxylic acids is 1. The van der Waals surface area contributed by atoms with E-state index in [2.05, 4.69) is 15.9 Å². The number of carbonyl (C=O) groups is 2. The van der Waals surface area contributed by atoms with Crippen molar-refractivity contribution in [3.05, 3.63) is 29.8 Å². The molecular formula is C13H15BrO4. The Balaban J connectivity index is 2.37. The summed E-state index contributed by atoms with van der Waals surface area (Å²) in [6.07, 6.45) is 3.21. The number of halogens is 1. The molecule has 0 aliphatic carbocycles. The molecule has 0 unspecified atom stereocenters. The van der Waals surface area contributed by atoms with Crippen molar-refractivity contribution >= 4 is 27.9 Å². The minimum atomic E-state index is -0.998. The third-order valence-corrected chi connectivity index (χ3v) is 2.91. The standard InChI is InChI=1S/C13H15BrO4/c14-9-3-1-2-4-12(15)18-11-7-5-10(6-8-11)13(16)17/h5-8H,1-4,9H2,(H,16,17). The highest BCUT2D eigenvalue weighted by Crippen LogP contribution is 2.13. The lowest BCUT2D eigenvalue weighted by Gasteiger charge is -2.04. The molecule has 5 heteroatoms. The average Bonchev–Trinajstić information content (AvgIpc) is 2.35. The molecule has 0 amide bonds. The highest BCUT2D eigenvalue weighted by Gasteiger charge is 2.06. The maximum Gasteiger partial charge on any atom is 0.335 e. The molecule has 0 aliphatic heterocycles. The molecule has 18 heavy (non-hydrogen) atoms. The summed E-state index contributed by atoms with van der Waals surface area (Å²) in [5, 5.41) is 9.66. The van der Waals surface area contributed by atoms with Crippen LogP contribution in [0.15, 0.2) is 24.3 Å². The van der Waals surface area contributed by atoms with E-state index >= 15 is 0 Å². The van der Waals surface area contributed by atoms with Crippen molar-refractivity contribution < 1.29 is 19.4 Å². The molecule has 1 N–H and O–H groups in total. The molecule has 0 aliphatic rings. The summed E-state index contributed by atoms with van der Waals surface area (Å²) in [7, 11) is 0. The zero-order chi connectivity index (χ0) is 13.4. The van der Waals surface area contributed by atoms with Gasteiger partial charge in [-0.25, -0.2) is 4.79 Å². The number of rotatable bonds is 7. The van der Waals surface area contributed by atoms with Gasteiger partial charge in [0.05, 0.1) is 5.56 Å². The summed E-state index contributed by atoms with van der Waals surface area (Å²) in [5.74, 6) is -0.902. The van der Waals surface area contributed by atoms with Crippen molar-refractivity contribution in [2.75, 3.05) is 5.33 Å². The van der Waals surface area contributed by atoms with Gasteiger partial charge in [-0.05, 0) is 37.1 Å². The zero-order valence-corrected chi connectivity index (χ0v) is 11.5. The Morgan fingerprint density at radius 2 is 1.78 bits per heavy atom. The molecule has 0 saturated heterocycles. The minimum Gasteiger partial charge on any atom is -0.478 e. The van der Waals surface area contributed by atoms with Crippen LogP contribution < -0.4 is 4.74 Å². The molecule has 0 bridgehead atoms. The lowest BCUT2D eigenvalue weighted by Crippen LogP contribution is -2.07. The highest BCUT2D eigenvalue weighted by molar-refractivity contribution is 9.09. The van der Waals surface area contributed by atoms with E-state index in [1.165, 1.54) is 24.3 Å². The summed E-state index contributed by atoms with van der Waals surface area (Å²) >= 11 is 3.32. The first kappa shape index (κ1) is 14.7. The Kier molecular flexibility index (Phi) is 6.43. The quantitative estimate of drug-likeness (QED) is 0.363. The topological polar surface area (TPSA) is 63.6 Å². The molecule has 1 rings (SSSR count). The van der Waals surface area contributed by atoms with Crippen LogP contribution in [0.5, 0.6) is 5.75 Å². The van der Waals surface area contributed by atoms with Crippen LogP contribution in [0.25, 0.3) is 0 Å². The van der Waals surface area contributed by atoms with Gasteiger partial charge in [-0.15, -0.1) is 0 Å². The second-order valence-electron chi connectivity index (χ2n) is 3.80. The Hall–Kier alpha value is -1.36. The molecule has 98 valence electrons. The SMILES string of the molecule is O=C(CCCCCBr)Oc1ccc(C(=O)O)cc1. The summed E-state index contributed by atoms with van der Waals surface area (Å²) < 4.78 is 5.09. The first-order valence-corrected chi connectivity index (χ1v) is 6.85. The maximum atomic E-state index is 11.4. The minimum absolute atomic E-state index is 0.173. The number of aromatic carboxylic acids is 1. The van der Waals surface area contributed by atoms with Gasteiger partial charge in [0.15, 0.2) is 0 Å². The first-order chi connectivity index (χ1) is 8.63. The normalized spacial score (nSPS) is 10.1. The monoisotopic (exact) mass is 314 g/mol. The summed E-state index contributed by atoms with van der Waals surface area (Å²) in [5.41, 5.74) is 0.173. The predicted octanol–water partition coefficient (Wildman–Crippen LogP) is 3.25. The first-order valence-electron chi connectivity index (χ1n) is 5.73. The smallest absolute Gasteiger partial charge is 0.335 e. The fourth-order valence-electron chi connectivity index (χ4n) is 1.39. The van der Waals surface area contributed by atoms with Crippen molar-refractivity contribution in [2.45, 2.75) is 25.7 Å². The van der Waals surface area contributed by atoms with Gasteiger partial charge in [-0.3, -0.25) is 4.79 Å².